The highest BCUT2D eigenvalue weighted by Crippen LogP contribution is 2.31. The smallest absolute Gasteiger partial charge is 0.123 e. The van der Waals surface area contributed by atoms with Gasteiger partial charge in [-0.1, -0.05) is 24.6 Å². The Hall–Kier alpha value is -1.06. The van der Waals surface area contributed by atoms with Gasteiger partial charge in [0.2, 0.25) is 0 Å². The molecule has 1 saturated heterocycles. The minimum Gasteiger partial charge on any atom is -0.488 e. The minimum absolute atomic E-state index is 0.0576. The van der Waals surface area contributed by atoms with Crippen molar-refractivity contribution in [3.63, 3.8) is 0 Å². The molecule has 2 N–H and O–H groups in total. The lowest BCUT2D eigenvalue weighted by molar-refractivity contribution is 0.0350. The number of nitrogens with zero attached hydrogens (tertiary/aromatic N) is 1. The van der Waals surface area contributed by atoms with Crippen LogP contribution in [0.25, 0.3) is 0 Å². The lowest BCUT2D eigenvalue weighted by Gasteiger charge is -2.48. The van der Waals surface area contributed by atoms with Gasteiger partial charge < -0.3 is 10.5 Å². The van der Waals surface area contributed by atoms with E-state index in [1.54, 1.807) is 0 Å². The van der Waals surface area contributed by atoms with Crippen LogP contribution in [0.4, 0.5) is 0 Å². The molecule has 0 amide bonds. The largest absolute Gasteiger partial charge is 0.488 e. The standard InChI is InChI=1S/C15H22N2O/c1-3-15(16)9-17(10-15)8-13-7-12-6-11(2)4-5-14(12)18-13/h4-6,13H,3,7-10,16H2,1-2H3. The molecule has 1 atom stereocenters. The van der Waals surface area contributed by atoms with Gasteiger partial charge in [0.1, 0.15) is 11.9 Å². The van der Waals surface area contributed by atoms with Crippen molar-refractivity contribution in [2.45, 2.75) is 38.3 Å². The van der Waals surface area contributed by atoms with E-state index in [-0.39, 0.29) is 5.54 Å². The summed E-state index contributed by atoms with van der Waals surface area (Å²) >= 11 is 0. The highest BCUT2D eigenvalue weighted by Gasteiger charge is 2.39. The normalized spacial score (nSPS) is 25.4. The molecule has 3 nitrogen and oxygen atoms in total. The molecular formula is C15H22N2O. The Morgan fingerprint density at radius 2 is 2.22 bits per heavy atom. The highest BCUT2D eigenvalue weighted by molar-refractivity contribution is 5.40. The fourth-order valence-corrected chi connectivity index (χ4v) is 3.04. The molecule has 1 aromatic carbocycles. The first kappa shape index (κ1) is 12.0. The molecule has 0 saturated carbocycles. The van der Waals surface area contributed by atoms with Crippen molar-refractivity contribution >= 4 is 0 Å². The monoisotopic (exact) mass is 246 g/mol. The summed E-state index contributed by atoms with van der Waals surface area (Å²) in [5.41, 5.74) is 8.92. The second kappa shape index (κ2) is 4.25. The van der Waals surface area contributed by atoms with E-state index in [1.165, 1.54) is 11.1 Å². The summed E-state index contributed by atoms with van der Waals surface area (Å²) in [6.45, 7) is 7.33. The molecule has 18 heavy (non-hydrogen) atoms. The van der Waals surface area contributed by atoms with Gasteiger partial charge in [0.15, 0.2) is 0 Å². The fourth-order valence-electron chi connectivity index (χ4n) is 3.04. The van der Waals surface area contributed by atoms with Crippen molar-refractivity contribution < 1.29 is 4.74 Å². The van der Waals surface area contributed by atoms with E-state index in [4.69, 9.17) is 10.5 Å². The first-order valence-corrected chi connectivity index (χ1v) is 6.85. The lowest BCUT2D eigenvalue weighted by atomic mass is 9.88. The molecule has 0 spiro atoms. The van der Waals surface area contributed by atoms with Crippen molar-refractivity contribution in [3.8, 4) is 5.75 Å². The maximum Gasteiger partial charge on any atom is 0.123 e. The summed E-state index contributed by atoms with van der Waals surface area (Å²) in [5.74, 6) is 1.07. The molecular weight excluding hydrogens is 224 g/mol. The SMILES string of the molecule is CCC1(N)CN(CC2Cc3cc(C)ccc3O2)C1. The molecule has 2 aliphatic heterocycles. The van der Waals surface area contributed by atoms with E-state index >= 15 is 0 Å². The number of fused-ring (bicyclic) bond motifs is 1. The van der Waals surface area contributed by atoms with E-state index < -0.39 is 0 Å². The third-order valence-electron chi connectivity index (χ3n) is 4.20. The van der Waals surface area contributed by atoms with Gasteiger partial charge in [-0.2, -0.15) is 0 Å². The minimum atomic E-state index is 0.0576. The summed E-state index contributed by atoms with van der Waals surface area (Å²) in [6, 6.07) is 6.46. The number of rotatable bonds is 3. The molecule has 0 aromatic heterocycles. The number of ether oxygens (including phenoxy) is 1. The zero-order valence-corrected chi connectivity index (χ0v) is 11.3. The topological polar surface area (TPSA) is 38.5 Å². The Kier molecular flexibility index (Phi) is 2.83. The van der Waals surface area contributed by atoms with E-state index in [0.29, 0.717) is 6.10 Å². The van der Waals surface area contributed by atoms with Gasteiger partial charge in [-0.25, -0.2) is 0 Å². The second-order valence-electron chi connectivity index (χ2n) is 5.94. The predicted molar refractivity (Wildman–Crippen MR) is 72.9 cm³/mol. The van der Waals surface area contributed by atoms with Gasteiger partial charge in [0, 0.05) is 31.6 Å². The molecule has 0 bridgehead atoms. The summed E-state index contributed by atoms with van der Waals surface area (Å²) in [7, 11) is 0. The van der Waals surface area contributed by atoms with E-state index in [1.807, 2.05) is 0 Å². The zero-order chi connectivity index (χ0) is 12.8. The van der Waals surface area contributed by atoms with Crippen LogP contribution in [-0.2, 0) is 6.42 Å². The van der Waals surface area contributed by atoms with Crippen molar-refractivity contribution in [2.24, 2.45) is 5.73 Å². The maximum atomic E-state index is 6.19. The summed E-state index contributed by atoms with van der Waals surface area (Å²) < 4.78 is 5.99. The average Bonchev–Trinajstić information content (AvgIpc) is 2.68. The maximum absolute atomic E-state index is 6.19. The third-order valence-corrected chi connectivity index (χ3v) is 4.20. The van der Waals surface area contributed by atoms with E-state index in [2.05, 4.69) is 36.9 Å². The summed E-state index contributed by atoms with van der Waals surface area (Å²) in [4.78, 5) is 2.41. The fraction of sp³-hybridized carbons (Fsp3) is 0.600. The number of likely N-dealkylation sites (tertiary alicyclic amines) is 1. The molecule has 1 aromatic rings. The number of nitrogens with two attached hydrogens (primary N) is 1. The first-order valence-electron chi connectivity index (χ1n) is 6.85. The van der Waals surface area contributed by atoms with E-state index in [9.17, 15) is 0 Å². The predicted octanol–water partition coefficient (Wildman–Crippen LogP) is 1.72. The molecule has 2 heterocycles. The Bertz CT molecular complexity index is 452. The van der Waals surface area contributed by atoms with Crippen LogP contribution in [0.1, 0.15) is 24.5 Å². The molecule has 1 fully saturated rings. The highest BCUT2D eigenvalue weighted by atomic mass is 16.5. The Balaban J connectivity index is 1.56. The molecule has 3 rings (SSSR count). The van der Waals surface area contributed by atoms with Crippen LogP contribution >= 0.6 is 0 Å². The quantitative estimate of drug-likeness (QED) is 0.882. The van der Waals surface area contributed by atoms with Crippen LogP contribution < -0.4 is 10.5 Å². The van der Waals surface area contributed by atoms with Crippen molar-refractivity contribution in [2.75, 3.05) is 19.6 Å². The summed E-state index contributed by atoms with van der Waals surface area (Å²) in [5, 5.41) is 0. The third kappa shape index (κ3) is 2.13. The van der Waals surface area contributed by atoms with Gasteiger partial charge in [-0.3, -0.25) is 4.90 Å². The first-order chi connectivity index (χ1) is 8.58. The van der Waals surface area contributed by atoms with Crippen molar-refractivity contribution in [3.05, 3.63) is 29.3 Å². The number of aryl methyl sites for hydroxylation is 1. The van der Waals surface area contributed by atoms with Crippen molar-refractivity contribution in [1.29, 1.82) is 0 Å². The molecule has 3 heteroatoms. The van der Waals surface area contributed by atoms with Gasteiger partial charge in [-0.05, 0) is 25.0 Å². The number of hydrogen-bond acceptors (Lipinski definition) is 3. The Morgan fingerprint density at radius 1 is 1.44 bits per heavy atom. The number of hydrogen-bond donors (Lipinski definition) is 1. The average molecular weight is 246 g/mol. The molecule has 2 aliphatic rings. The van der Waals surface area contributed by atoms with Crippen molar-refractivity contribution in [1.82, 2.24) is 4.90 Å². The van der Waals surface area contributed by atoms with Crippen LogP contribution in [0.3, 0.4) is 0 Å². The molecule has 0 aliphatic carbocycles. The van der Waals surface area contributed by atoms with Crippen LogP contribution in [0.5, 0.6) is 5.75 Å². The second-order valence-corrected chi connectivity index (χ2v) is 5.94. The van der Waals surface area contributed by atoms with Crippen LogP contribution in [0.2, 0.25) is 0 Å². The van der Waals surface area contributed by atoms with Crippen LogP contribution in [0.15, 0.2) is 18.2 Å². The Labute approximate surface area is 109 Å². The summed E-state index contributed by atoms with van der Waals surface area (Å²) in [6.07, 6.45) is 2.41. The molecule has 0 radical (unpaired) electrons. The lowest BCUT2D eigenvalue weighted by Crippen LogP contribution is -2.67. The van der Waals surface area contributed by atoms with E-state index in [0.717, 1.165) is 38.2 Å². The van der Waals surface area contributed by atoms with Crippen LogP contribution in [0, 0.1) is 6.92 Å². The Morgan fingerprint density at radius 3 is 2.94 bits per heavy atom. The zero-order valence-electron chi connectivity index (χ0n) is 11.3. The van der Waals surface area contributed by atoms with Crippen LogP contribution in [-0.4, -0.2) is 36.2 Å². The molecule has 1 unspecified atom stereocenters. The number of benzene rings is 1. The van der Waals surface area contributed by atoms with Gasteiger partial charge in [0.05, 0.1) is 0 Å². The van der Waals surface area contributed by atoms with Gasteiger partial charge >= 0.3 is 0 Å². The van der Waals surface area contributed by atoms with Gasteiger partial charge in [-0.15, -0.1) is 0 Å². The molecule has 98 valence electrons. The van der Waals surface area contributed by atoms with Gasteiger partial charge in [0.25, 0.3) is 0 Å².